The molecule has 1 aliphatic heterocycles. The van der Waals surface area contributed by atoms with Crippen LogP contribution in [0.3, 0.4) is 0 Å². The van der Waals surface area contributed by atoms with Crippen molar-refractivity contribution in [3.05, 3.63) is 44.0 Å². The van der Waals surface area contributed by atoms with Crippen molar-refractivity contribution in [1.82, 2.24) is 0 Å². The van der Waals surface area contributed by atoms with Gasteiger partial charge in [0.2, 0.25) is 0 Å². The van der Waals surface area contributed by atoms with Gasteiger partial charge in [-0.15, -0.1) is 0 Å². The third-order valence-electron chi connectivity index (χ3n) is 2.51. The molecular weight excluding hydrogens is 343 g/mol. The minimum absolute atomic E-state index is 0.0284. The first-order valence-corrected chi connectivity index (χ1v) is 7.60. The second-order valence-corrected chi connectivity index (χ2v) is 6.74. The molecule has 1 aliphatic rings. The zero-order chi connectivity index (χ0) is 14.2. The average Bonchev–Trinajstić information content (AvgIpc) is 2.62. The number of rotatable bonds is 3. The summed E-state index contributed by atoms with van der Waals surface area (Å²) in [6.45, 7) is 0. The lowest BCUT2D eigenvalue weighted by Gasteiger charge is -2.12. The first-order valence-electron chi connectivity index (χ1n) is 5.09. The Morgan fingerprint density at radius 3 is 2.68 bits per heavy atom. The Bertz CT molecular complexity index is 674. The van der Waals surface area contributed by atoms with Crippen LogP contribution in [-0.2, 0) is 9.84 Å². The third-order valence-corrected chi connectivity index (χ3v) is 4.51. The highest BCUT2D eigenvalue weighted by Crippen LogP contribution is 2.31. The molecule has 9 heteroatoms. The predicted octanol–water partition coefficient (Wildman–Crippen LogP) is 2.22. The molecule has 1 heterocycles. The summed E-state index contributed by atoms with van der Waals surface area (Å²) in [5.74, 6) is -0.875. The van der Waals surface area contributed by atoms with Crippen LogP contribution in [0, 0.1) is 15.9 Å². The van der Waals surface area contributed by atoms with Crippen molar-refractivity contribution >= 4 is 37.1 Å². The Balaban J connectivity index is 2.33. The van der Waals surface area contributed by atoms with E-state index in [2.05, 4.69) is 21.2 Å². The normalized spacial score (nSPS) is 20.4. The molecule has 6 nitrogen and oxygen atoms in total. The van der Waals surface area contributed by atoms with Gasteiger partial charge in [0.25, 0.3) is 5.69 Å². The van der Waals surface area contributed by atoms with E-state index in [4.69, 9.17) is 0 Å². The number of hydrogen-bond donors (Lipinski definition) is 1. The number of nitrogens with zero attached hydrogens (tertiary/aromatic N) is 1. The summed E-state index contributed by atoms with van der Waals surface area (Å²) in [6, 6.07) is 1.38. The van der Waals surface area contributed by atoms with Gasteiger partial charge in [0, 0.05) is 17.5 Å². The van der Waals surface area contributed by atoms with Gasteiger partial charge in [0.1, 0.15) is 11.5 Å². The predicted molar refractivity (Wildman–Crippen MR) is 71.1 cm³/mol. The standard InChI is InChI=1S/C10H8BrFN2O4S/c11-7-3-10(14(15)16)9(4-8(7)12)13-6-1-2-19(17,18)5-6/h1-4,6,13H,5H2. The van der Waals surface area contributed by atoms with Gasteiger partial charge in [0.15, 0.2) is 9.84 Å². The van der Waals surface area contributed by atoms with Gasteiger partial charge < -0.3 is 5.32 Å². The molecule has 0 bridgehead atoms. The number of sulfone groups is 1. The zero-order valence-electron chi connectivity index (χ0n) is 9.34. The smallest absolute Gasteiger partial charge is 0.293 e. The van der Waals surface area contributed by atoms with Crippen molar-refractivity contribution in [2.75, 3.05) is 11.1 Å². The highest BCUT2D eigenvalue weighted by atomic mass is 79.9. The summed E-state index contributed by atoms with van der Waals surface area (Å²) in [7, 11) is -3.28. The molecule has 0 spiro atoms. The van der Waals surface area contributed by atoms with Gasteiger partial charge in [-0.1, -0.05) is 6.08 Å². The molecule has 2 rings (SSSR count). The van der Waals surface area contributed by atoms with Gasteiger partial charge in [-0.25, -0.2) is 12.8 Å². The monoisotopic (exact) mass is 350 g/mol. The number of halogens is 2. The first-order chi connectivity index (χ1) is 8.78. The number of nitrogens with one attached hydrogen (secondary N) is 1. The number of hydrogen-bond acceptors (Lipinski definition) is 5. The fraction of sp³-hybridized carbons (Fsp3) is 0.200. The van der Waals surface area contributed by atoms with Crippen molar-refractivity contribution in [2.24, 2.45) is 0 Å². The molecule has 0 saturated carbocycles. The first kappa shape index (κ1) is 13.9. The zero-order valence-corrected chi connectivity index (χ0v) is 11.7. The van der Waals surface area contributed by atoms with Crippen LogP contribution in [0.25, 0.3) is 0 Å². The maximum atomic E-state index is 13.4. The number of nitro benzene ring substituents is 1. The van der Waals surface area contributed by atoms with Crippen molar-refractivity contribution in [1.29, 1.82) is 0 Å². The summed E-state index contributed by atoms with van der Waals surface area (Å²) in [6.07, 6.45) is 1.37. The molecule has 0 fully saturated rings. The van der Waals surface area contributed by atoms with Crippen molar-refractivity contribution in [2.45, 2.75) is 6.04 Å². The second-order valence-electron chi connectivity index (χ2n) is 3.95. The van der Waals surface area contributed by atoms with Gasteiger partial charge in [0.05, 0.1) is 21.2 Å². The van der Waals surface area contributed by atoms with Crippen LogP contribution in [0.15, 0.2) is 28.1 Å². The van der Waals surface area contributed by atoms with Crippen LogP contribution >= 0.6 is 15.9 Å². The molecule has 0 aromatic heterocycles. The molecule has 1 N–H and O–H groups in total. The molecule has 1 atom stereocenters. The summed E-state index contributed by atoms with van der Waals surface area (Å²) < 4.78 is 35.8. The van der Waals surface area contributed by atoms with E-state index < -0.39 is 26.6 Å². The van der Waals surface area contributed by atoms with E-state index in [0.717, 1.165) is 17.5 Å². The highest BCUT2D eigenvalue weighted by Gasteiger charge is 2.25. The molecule has 0 saturated heterocycles. The molecular formula is C10H8BrFN2O4S. The third kappa shape index (κ3) is 3.10. The van der Waals surface area contributed by atoms with Crippen molar-refractivity contribution in [3.8, 4) is 0 Å². The van der Waals surface area contributed by atoms with Crippen molar-refractivity contribution in [3.63, 3.8) is 0 Å². The van der Waals surface area contributed by atoms with E-state index in [-0.39, 0.29) is 21.6 Å². The van der Waals surface area contributed by atoms with E-state index in [1.165, 1.54) is 6.08 Å². The van der Waals surface area contributed by atoms with E-state index >= 15 is 0 Å². The SMILES string of the molecule is O=[N+]([O-])c1cc(Br)c(F)cc1NC1C=CS(=O)(=O)C1. The molecule has 0 aliphatic carbocycles. The summed E-state index contributed by atoms with van der Waals surface area (Å²) in [5.41, 5.74) is -0.386. The topological polar surface area (TPSA) is 89.3 Å². The minimum Gasteiger partial charge on any atom is -0.372 e. The molecule has 0 amide bonds. The Morgan fingerprint density at radius 2 is 2.16 bits per heavy atom. The molecule has 19 heavy (non-hydrogen) atoms. The maximum absolute atomic E-state index is 13.4. The van der Waals surface area contributed by atoms with Crippen LogP contribution in [0.2, 0.25) is 0 Å². The minimum atomic E-state index is -3.28. The number of nitro groups is 1. The molecule has 102 valence electrons. The lowest BCUT2D eigenvalue weighted by atomic mass is 10.2. The van der Waals surface area contributed by atoms with Crippen LogP contribution in [0.1, 0.15) is 0 Å². The summed E-state index contributed by atoms with van der Waals surface area (Å²) >= 11 is 2.86. The quantitative estimate of drug-likeness (QED) is 0.666. The number of anilines is 1. The average molecular weight is 351 g/mol. The van der Waals surface area contributed by atoms with Crippen molar-refractivity contribution < 1.29 is 17.7 Å². The van der Waals surface area contributed by atoms with Gasteiger partial charge >= 0.3 is 0 Å². The summed E-state index contributed by atoms with van der Waals surface area (Å²) in [4.78, 5) is 10.2. The Kier molecular flexibility index (Phi) is 3.59. The second kappa shape index (κ2) is 4.89. The van der Waals surface area contributed by atoms with Crippen LogP contribution in [-0.4, -0.2) is 25.1 Å². The van der Waals surface area contributed by atoms with Gasteiger partial charge in [-0.2, -0.15) is 0 Å². The Labute approximate surface area is 116 Å². The van der Waals surface area contributed by atoms with E-state index in [1.54, 1.807) is 0 Å². The number of benzene rings is 1. The molecule has 1 aromatic carbocycles. The van der Waals surface area contributed by atoms with Crippen LogP contribution in [0.5, 0.6) is 0 Å². The van der Waals surface area contributed by atoms with Gasteiger partial charge in [-0.05, 0) is 15.9 Å². The summed E-state index contributed by atoms with van der Waals surface area (Å²) in [5, 5.41) is 14.6. The van der Waals surface area contributed by atoms with E-state index in [0.29, 0.717) is 0 Å². The lowest BCUT2D eigenvalue weighted by Crippen LogP contribution is -2.21. The van der Waals surface area contributed by atoms with Gasteiger partial charge in [-0.3, -0.25) is 10.1 Å². The molecule has 1 aromatic rings. The highest BCUT2D eigenvalue weighted by molar-refractivity contribution is 9.10. The molecule has 0 radical (unpaired) electrons. The largest absolute Gasteiger partial charge is 0.372 e. The lowest BCUT2D eigenvalue weighted by molar-refractivity contribution is -0.384. The maximum Gasteiger partial charge on any atom is 0.293 e. The Hall–Kier alpha value is -1.48. The Morgan fingerprint density at radius 1 is 1.47 bits per heavy atom. The van der Waals surface area contributed by atoms with Crippen LogP contribution < -0.4 is 5.32 Å². The fourth-order valence-electron chi connectivity index (χ4n) is 1.67. The van der Waals surface area contributed by atoms with E-state index in [9.17, 15) is 22.9 Å². The van der Waals surface area contributed by atoms with E-state index in [1.807, 2.05) is 0 Å². The molecule has 1 unspecified atom stereocenters. The van der Waals surface area contributed by atoms with Crippen LogP contribution in [0.4, 0.5) is 15.8 Å². The fourth-order valence-corrected chi connectivity index (χ4v) is 3.23.